The van der Waals surface area contributed by atoms with E-state index in [1.54, 1.807) is 12.1 Å². The molecule has 2 aliphatic rings. The van der Waals surface area contributed by atoms with Crippen molar-refractivity contribution in [2.45, 2.75) is 69.8 Å². The Labute approximate surface area is 174 Å². The normalized spacial score (nSPS) is 28.0. The number of nitrogens with zero attached hydrogens (tertiary/aromatic N) is 1. The van der Waals surface area contributed by atoms with Gasteiger partial charge in [0.2, 0.25) is 0 Å². The van der Waals surface area contributed by atoms with Gasteiger partial charge in [-0.25, -0.2) is 0 Å². The second-order valence-corrected chi connectivity index (χ2v) is 8.33. The molecule has 0 amide bonds. The van der Waals surface area contributed by atoms with Gasteiger partial charge in [-0.05, 0) is 92.9 Å². The zero-order valence-corrected chi connectivity index (χ0v) is 16.8. The molecule has 0 bridgehead atoms. The molecule has 7 heteroatoms. The minimum Gasteiger partial charge on any atom is -0.406 e. The minimum absolute atomic E-state index is 0.132. The van der Waals surface area contributed by atoms with E-state index in [4.69, 9.17) is 10.00 Å². The van der Waals surface area contributed by atoms with Gasteiger partial charge >= 0.3 is 6.36 Å². The molecule has 0 atom stereocenters. The van der Waals surface area contributed by atoms with Crippen LogP contribution in [-0.2, 0) is 4.74 Å². The number of ether oxygens (including phenoxy) is 2. The lowest BCUT2D eigenvalue weighted by Crippen LogP contribution is -2.25. The number of rotatable bonds is 6. The van der Waals surface area contributed by atoms with E-state index in [2.05, 4.69) is 4.74 Å². The molecular formula is C23H27F4NO2. The Morgan fingerprint density at radius 1 is 1.00 bits per heavy atom. The van der Waals surface area contributed by atoms with Crippen LogP contribution < -0.4 is 4.74 Å². The first-order valence-corrected chi connectivity index (χ1v) is 10.6. The Morgan fingerprint density at radius 2 is 1.63 bits per heavy atom. The van der Waals surface area contributed by atoms with Crippen molar-refractivity contribution in [3.05, 3.63) is 41.7 Å². The number of allylic oxidation sites excluding steroid dienone is 2. The Bertz CT molecular complexity index is 738. The van der Waals surface area contributed by atoms with Gasteiger partial charge in [0.1, 0.15) is 11.8 Å². The van der Waals surface area contributed by atoms with Gasteiger partial charge in [-0.3, -0.25) is 0 Å². The maximum atomic E-state index is 13.1. The van der Waals surface area contributed by atoms with Gasteiger partial charge in [-0.2, -0.15) is 9.65 Å². The molecule has 1 aromatic carbocycles. The summed E-state index contributed by atoms with van der Waals surface area (Å²) >= 11 is 0. The van der Waals surface area contributed by atoms with Crippen molar-refractivity contribution in [3.63, 3.8) is 0 Å². The second-order valence-electron chi connectivity index (χ2n) is 8.33. The fourth-order valence-corrected chi connectivity index (χ4v) is 4.54. The van der Waals surface area contributed by atoms with Crippen LogP contribution in [0.4, 0.5) is 17.6 Å². The van der Waals surface area contributed by atoms with Crippen LogP contribution in [0, 0.1) is 23.2 Å². The summed E-state index contributed by atoms with van der Waals surface area (Å²) in [4.78, 5) is 0. The summed E-state index contributed by atoms with van der Waals surface area (Å²) in [6.07, 6.45) is 4.52. The van der Waals surface area contributed by atoms with Crippen LogP contribution in [-0.4, -0.2) is 19.1 Å². The standard InChI is InChI=1S/C23H27F4NO2/c24-20(14-28)13-16-3-9-21(10-4-16)29-15-17-1-5-18(6-2-17)19-7-11-22(12-8-19)30-23(25,26)27/h7-8,11-13,16-18,21H,1-6,9-10,15H2. The van der Waals surface area contributed by atoms with E-state index in [0.717, 1.165) is 63.5 Å². The predicted octanol–water partition coefficient (Wildman–Crippen LogP) is 6.81. The van der Waals surface area contributed by atoms with Crippen molar-refractivity contribution >= 4 is 0 Å². The van der Waals surface area contributed by atoms with Gasteiger partial charge in [0.05, 0.1) is 6.10 Å². The quantitative estimate of drug-likeness (QED) is 0.371. The summed E-state index contributed by atoms with van der Waals surface area (Å²) in [6, 6.07) is 7.75. The number of benzene rings is 1. The average molecular weight is 425 g/mol. The minimum atomic E-state index is -4.66. The molecule has 0 aromatic heterocycles. The highest BCUT2D eigenvalue weighted by atomic mass is 19.4. The first-order valence-electron chi connectivity index (χ1n) is 10.6. The van der Waals surface area contributed by atoms with Gasteiger partial charge in [0.25, 0.3) is 0 Å². The first-order chi connectivity index (χ1) is 14.3. The van der Waals surface area contributed by atoms with Crippen LogP contribution in [0.2, 0.25) is 0 Å². The van der Waals surface area contributed by atoms with Crippen molar-refractivity contribution in [1.82, 2.24) is 0 Å². The Kier molecular flexibility index (Phi) is 7.76. The number of hydrogen-bond acceptors (Lipinski definition) is 3. The van der Waals surface area contributed by atoms with Crippen LogP contribution in [0.25, 0.3) is 0 Å². The zero-order chi connectivity index (χ0) is 21.6. The van der Waals surface area contributed by atoms with Crippen LogP contribution in [0.15, 0.2) is 36.2 Å². The summed E-state index contributed by atoms with van der Waals surface area (Å²) in [5.41, 5.74) is 1.06. The largest absolute Gasteiger partial charge is 0.573 e. The number of hydrogen-bond donors (Lipinski definition) is 0. The third-order valence-corrected chi connectivity index (χ3v) is 6.21. The molecule has 3 rings (SSSR count). The monoisotopic (exact) mass is 425 g/mol. The molecule has 3 nitrogen and oxygen atoms in total. The van der Waals surface area contributed by atoms with Gasteiger partial charge in [0.15, 0.2) is 5.83 Å². The molecule has 164 valence electrons. The van der Waals surface area contributed by atoms with E-state index in [9.17, 15) is 17.6 Å². The van der Waals surface area contributed by atoms with E-state index in [-0.39, 0.29) is 17.8 Å². The van der Waals surface area contributed by atoms with Crippen molar-refractivity contribution < 1.29 is 27.0 Å². The molecule has 1 aromatic rings. The molecule has 30 heavy (non-hydrogen) atoms. The Balaban J connectivity index is 1.37. The zero-order valence-electron chi connectivity index (χ0n) is 16.8. The third kappa shape index (κ3) is 7.02. The van der Waals surface area contributed by atoms with E-state index in [1.807, 2.05) is 0 Å². The summed E-state index contributed by atoms with van der Waals surface area (Å²) in [5.74, 6) is 0.113. The van der Waals surface area contributed by atoms with Crippen molar-refractivity contribution in [3.8, 4) is 11.8 Å². The molecule has 0 radical (unpaired) electrons. The van der Waals surface area contributed by atoms with Gasteiger partial charge in [-0.15, -0.1) is 13.2 Å². The number of halogens is 4. The van der Waals surface area contributed by atoms with Gasteiger partial charge < -0.3 is 9.47 Å². The van der Waals surface area contributed by atoms with Crippen LogP contribution in [0.5, 0.6) is 5.75 Å². The van der Waals surface area contributed by atoms with Crippen molar-refractivity contribution in [2.24, 2.45) is 11.8 Å². The smallest absolute Gasteiger partial charge is 0.406 e. The molecule has 2 saturated carbocycles. The van der Waals surface area contributed by atoms with Crippen LogP contribution in [0.1, 0.15) is 62.8 Å². The van der Waals surface area contributed by atoms with E-state index >= 15 is 0 Å². The lowest BCUT2D eigenvalue weighted by Gasteiger charge is -2.32. The van der Waals surface area contributed by atoms with Crippen LogP contribution in [0.3, 0.4) is 0 Å². The van der Waals surface area contributed by atoms with E-state index in [1.165, 1.54) is 24.3 Å². The molecule has 0 N–H and O–H groups in total. The van der Waals surface area contributed by atoms with Gasteiger partial charge in [0, 0.05) is 6.61 Å². The highest BCUT2D eigenvalue weighted by molar-refractivity contribution is 5.29. The van der Waals surface area contributed by atoms with Crippen molar-refractivity contribution in [1.29, 1.82) is 5.26 Å². The molecule has 0 aliphatic heterocycles. The lowest BCUT2D eigenvalue weighted by molar-refractivity contribution is -0.274. The summed E-state index contributed by atoms with van der Waals surface area (Å²) < 4.78 is 59.9. The number of alkyl halides is 3. The Hall–Kier alpha value is -2.07. The summed E-state index contributed by atoms with van der Waals surface area (Å²) in [5, 5.41) is 8.53. The molecule has 0 unspecified atom stereocenters. The topological polar surface area (TPSA) is 42.2 Å². The lowest BCUT2D eigenvalue weighted by atomic mass is 9.79. The molecule has 0 spiro atoms. The fourth-order valence-electron chi connectivity index (χ4n) is 4.54. The highest BCUT2D eigenvalue weighted by Gasteiger charge is 2.31. The molecule has 2 fully saturated rings. The van der Waals surface area contributed by atoms with E-state index in [0.29, 0.717) is 11.8 Å². The molecule has 0 saturated heterocycles. The van der Waals surface area contributed by atoms with Gasteiger partial charge in [-0.1, -0.05) is 12.1 Å². The third-order valence-electron chi connectivity index (χ3n) is 6.21. The fraction of sp³-hybridized carbons (Fsp3) is 0.609. The molecule has 2 aliphatic carbocycles. The number of nitriles is 1. The summed E-state index contributed by atoms with van der Waals surface area (Å²) in [7, 11) is 0. The predicted molar refractivity (Wildman–Crippen MR) is 104 cm³/mol. The second kappa shape index (κ2) is 10.3. The highest BCUT2D eigenvalue weighted by Crippen LogP contribution is 2.37. The average Bonchev–Trinajstić information content (AvgIpc) is 2.73. The molecular weight excluding hydrogens is 398 g/mol. The Morgan fingerprint density at radius 3 is 2.20 bits per heavy atom. The molecule has 0 heterocycles. The maximum absolute atomic E-state index is 13.1. The first kappa shape index (κ1) is 22.6. The van der Waals surface area contributed by atoms with Crippen molar-refractivity contribution in [2.75, 3.05) is 6.61 Å². The maximum Gasteiger partial charge on any atom is 0.573 e. The SMILES string of the molecule is N#CC(F)=CC1CCC(OCC2CCC(c3ccc(OC(F)(F)F)cc3)CC2)CC1. The van der Waals surface area contributed by atoms with E-state index < -0.39 is 12.2 Å². The van der Waals surface area contributed by atoms with Crippen LogP contribution >= 0.6 is 0 Å². The summed E-state index contributed by atoms with van der Waals surface area (Å²) in [6.45, 7) is 0.725.